The van der Waals surface area contributed by atoms with Crippen LogP contribution in [0.4, 0.5) is 9.18 Å². The lowest BCUT2D eigenvalue weighted by molar-refractivity contribution is -0.116. The summed E-state index contributed by atoms with van der Waals surface area (Å²) in [4.78, 5) is 38.7. The number of rotatable bonds is 4. The fraction of sp³-hybridized carbons (Fsp3) is 0.174. The number of ether oxygens (including phenoxy) is 1. The maximum absolute atomic E-state index is 14.1. The smallest absolute Gasteiger partial charge is 0.404 e. The molecule has 30 heavy (non-hydrogen) atoms. The molecule has 0 radical (unpaired) electrons. The number of nitrogens with one attached hydrogen (secondary N) is 2. The van der Waals surface area contributed by atoms with Crippen LogP contribution in [0, 0.1) is 11.7 Å². The molecule has 4 rings (SSSR count). The van der Waals surface area contributed by atoms with Gasteiger partial charge in [-0.3, -0.25) is 14.9 Å². The molecule has 3 aromatic rings. The summed E-state index contributed by atoms with van der Waals surface area (Å²) < 4.78 is 19.0. The molecule has 1 atom stereocenters. The summed E-state index contributed by atoms with van der Waals surface area (Å²) in [7, 11) is 0. The number of aromatic nitrogens is 1. The number of aromatic amines is 1. The molecule has 1 unspecified atom stereocenters. The molecule has 2 heterocycles. The number of imide groups is 1. The Hall–Kier alpha value is -3.74. The summed E-state index contributed by atoms with van der Waals surface area (Å²) >= 11 is 0. The molecule has 0 aliphatic carbocycles. The number of hydrogen-bond donors (Lipinski definition) is 2. The number of halogens is 1. The average Bonchev–Trinajstić information content (AvgIpc) is 3.03. The molecule has 152 valence electrons. The van der Waals surface area contributed by atoms with Crippen LogP contribution in [0.25, 0.3) is 22.0 Å². The van der Waals surface area contributed by atoms with E-state index < -0.39 is 17.9 Å². The number of hydrogen-bond acceptors (Lipinski definition) is 4. The van der Waals surface area contributed by atoms with Crippen molar-refractivity contribution in [3.05, 3.63) is 82.1 Å². The summed E-state index contributed by atoms with van der Waals surface area (Å²) in [6.45, 7) is 3.80. The van der Waals surface area contributed by atoms with Crippen molar-refractivity contribution in [1.29, 1.82) is 0 Å². The molecule has 1 aliphatic heterocycles. The number of allylic oxidation sites excluding steroid dienone is 1. The molecule has 2 amide bonds. The molecule has 0 spiro atoms. The molecule has 6 nitrogen and oxygen atoms in total. The zero-order chi connectivity index (χ0) is 21.4. The van der Waals surface area contributed by atoms with Crippen LogP contribution in [0.3, 0.4) is 0 Å². The van der Waals surface area contributed by atoms with Crippen molar-refractivity contribution in [3.63, 3.8) is 0 Å². The zero-order valence-corrected chi connectivity index (χ0v) is 16.4. The van der Waals surface area contributed by atoms with Gasteiger partial charge in [0.2, 0.25) is 0 Å². The number of carbonyl (C=O) groups is 2. The minimum atomic E-state index is -0.832. The fourth-order valence-corrected chi connectivity index (χ4v) is 3.56. The van der Waals surface area contributed by atoms with Crippen LogP contribution < -0.4 is 10.9 Å². The third-order valence-electron chi connectivity index (χ3n) is 5.13. The average molecular weight is 406 g/mol. The molecule has 1 fully saturated rings. The van der Waals surface area contributed by atoms with Crippen molar-refractivity contribution in [2.75, 3.05) is 0 Å². The highest BCUT2D eigenvalue weighted by Crippen LogP contribution is 2.28. The number of cyclic esters (lactones) is 1. The van der Waals surface area contributed by atoms with Crippen molar-refractivity contribution in [2.45, 2.75) is 19.8 Å². The standard InChI is InChI=1S/C23H19FN2O4/c1-12(2)16(11-20-22(28)26-23(29)30-20)15-8-9-19(25-21(15)27)14-7-6-13-4-3-5-18(24)17(13)10-14/h3-12,16H,1-2H3,(H,25,27)(H,26,28,29). The third-order valence-corrected chi connectivity index (χ3v) is 5.13. The van der Waals surface area contributed by atoms with E-state index in [-0.39, 0.29) is 23.1 Å². The van der Waals surface area contributed by atoms with Crippen molar-refractivity contribution in [2.24, 2.45) is 5.92 Å². The van der Waals surface area contributed by atoms with E-state index >= 15 is 0 Å². The lowest BCUT2D eigenvalue weighted by Gasteiger charge is -2.17. The van der Waals surface area contributed by atoms with Gasteiger partial charge in [-0.1, -0.05) is 44.2 Å². The Balaban J connectivity index is 1.73. The molecule has 1 aromatic heterocycles. The van der Waals surface area contributed by atoms with Crippen LogP contribution in [0.2, 0.25) is 0 Å². The van der Waals surface area contributed by atoms with Crippen LogP contribution in [0.5, 0.6) is 0 Å². The highest BCUT2D eigenvalue weighted by Gasteiger charge is 2.29. The van der Waals surface area contributed by atoms with Gasteiger partial charge in [-0.2, -0.15) is 0 Å². The molecular weight excluding hydrogens is 387 g/mol. The normalized spacial score (nSPS) is 16.2. The monoisotopic (exact) mass is 406 g/mol. The lowest BCUT2D eigenvalue weighted by atomic mass is 9.88. The Kier molecular flexibility index (Phi) is 4.95. The van der Waals surface area contributed by atoms with Crippen LogP contribution >= 0.6 is 0 Å². The number of pyridine rings is 1. The van der Waals surface area contributed by atoms with Crippen molar-refractivity contribution in [3.8, 4) is 11.3 Å². The van der Waals surface area contributed by atoms with Gasteiger partial charge < -0.3 is 9.72 Å². The number of carbonyl (C=O) groups excluding carboxylic acids is 2. The van der Waals surface area contributed by atoms with Gasteiger partial charge in [-0.25, -0.2) is 9.18 Å². The second kappa shape index (κ2) is 7.59. The van der Waals surface area contributed by atoms with Gasteiger partial charge in [0.05, 0.1) is 0 Å². The lowest BCUT2D eigenvalue weighted by Crippen LogP contribution is -2.21. The maximum Gasteiger partial charge on any atom is 0.419 e. The molecule has 7 heteroatoms. The molecule has 2 N–H and O–H groups in total. The predicted octanol–water partition coefficient (Wildman–Crippen LogP) is 4.22. The first-order chi connectivity index (χ1) is 14.3. The Morgan fingerprint density at radius 2 is 1.83 bits per heavy atom. The first kappa shape index (κ1) is 19.6. The van der Waals surface area contributed by atoms with Crippen LogP contribution in [0.1, 0.15) is 25.3 Å². The Bertz CT molecular complexity index is 1260. The third kappa shape index (κ3) is 3.61. The second-order valence-corrected chi connectivity index (χ2v) is 7.48. The van der Waals surface area contributed by atoms with Gasteiger partial charge in [-0.15, -0.1) is 0 Å². The van der Waals surface area contributed by atoms with Gasteiger partial charge in [-0.05, 0) is 41.1 Å². The molecule has 2 aromatic carbocycles. The fourth-order valence-electron chi connectivity index (χ4n) is 3.56. The van der Waals surface area contributed by atoms with Gasteiger partial charge in [0.15, 0.2) is 5.76 Å². The number of fused-ring (bicyclic) bond motifs is 1. The van der Waals surface area contributed by atoms with E-state index in [4.69, 9.17) is 4.74 Å². The predicted molar refractivity (Wildman–Crippen MR) is 110 cm³/mol. The highest BCUT2D eigenvalue weighted by atomic mass is 19.1. The van der Waals surface area contributed by atoms with E-state index in [1.54, 1.807) is 30.3 Å². The highest BCUT2D eigenvalue weighted by molar-refractivity contribution is 6.07. The van der Waals surface area contributed by atoms with E-state index in [1.807, 2.05) is 31.3 Å². The van der Waals surface area contributed by atoms with E-state index in [2.05, 4.69) is 4.98 Å². The van der Waals surface area contributed by atoms with Crippen molar-refractivity contribution < 1.29 is 18.7 Å². The molecule has 0 saturated carbocycles. The van der Waals surface area contributed by atoms with E-state index in [1.165, 1.54) is 12.1 Å². The number of H-pyrrole nitrogens is 1. The quantitative estimate of drug-likeness (QED) is 0.635. The SMILES string of the molecule is CC(C)C(C=C1OC(=O)NC1=O)c1ccc(-c2ccc3cccc(F)c3c2)[nH]c1=O. The first-order valence-corrected chi connectivity index (χ1v) is 9.50. The first-order valence-electron chi connectivity index (χ1n) is 9.50. The van der Waals surface area contributed by atoms with Crippen LogP contribution in [-0.4, -0.2) is 17.0 Å². The molecule has 0 bridgehead atoms. The summed E-state index contributed by atoms with van der Waals surface area (Å²) in [6.07, 6.45) is 0.655. The number of amides is 2. The van der Waals surface area contributed by atoms with E-state index in [0.29, 0.717) is 22.2 Å². The Labute approximate surface area is 171 Å². The molecular formula is C23H19FN2O4. The van der Waals surface area contributed by atoms with Gasteiger partial charge in [0, 0.05) is 22.6 Å². The van der Waals surface area contributed by atoms with E-state index in [0.717, 1.165) is 5.39 Å². The minimum Gasteiger partial charge on any atom is -0.404 e. The van der Waals surface area contributed by atoms with Crippen molar-refractivity contribution in [1.82, 2.24) is 10.3 Å². The summed E-state index contributed by atoms with van der Waals surface area (Å²) in [5, 5.41) is 3.28. The van der Waals surface area contributed by atoms with Gasteiger partial charge >= 0.3 is 6.09 Å². The van der Waals surface area contributed by atoms with Crippen LogP contribution in [0.15, 0.2) is 65.2 Å². The van der Waals surface area contributed by atoms with Crippen molar-refractivity contribution >= 4 is 22.8 Å². The number of alkyl carbamates (subject to hydrolysis) is 1. The Morgan fingerprint density at radius 1 is 1.03 bits per heavy atom. The molecule has 1 saturated heterocycles. The zero-order valence-electron chi connectivity index (χ0n) is 16.4. The van der Waals surface area contributed by atoms with Gasteiger partial charge in [0.25, 0.3) is 11.5 Å². The molecule has 1 aliphatic rings. The maximum atomic E-state index is 14.1. The van der Waals surface area contributed by atoms with Crippen LogP contribution in [-0.2, 0) is 9.53 Å². The van der Waals surface area contributed by atoms with Gasteiger partial charge in [0.1, 0.15) is 5.82 Å². The topological polar surface area (TPSA) is 88.3 Å². The minimum absolute atomic E-state index is 0.0358. The number of benzene rings is 2. The summed E-state index contributed by atoms with van der Waals surface area (Å²) in [5.74, 6) is -1.55. The Morgan fingerprint density at radius 3 is 2.50 bits per heavy atom. The van der Waals surface area contributed by atoms with E-state index in [9.17, 15) is 18.8 Å². The summed E-state index contributed by atoms with van der Waals surface area (Å²) in [5.41, 5.74) is 1.33. The largest absolute Gasteiger partial charge is 0.419 e. The summed E-state index contributed by atoms with van der Waals surface area (Å²) in [6, 6.07) is 13.6. The second-order valence-electron chi connectivity index (χ2n) is 7.48.